The molecule has 4 heteroatoms. The molecular formula is C18H28N2O2. The number of likely N-dealkylation sites (N-methyl/N-ethyl adjacent to an activating group) is 1. The summed E-state index contributed by atoms with van der Waals surface area (Å²) >= 11 is 0. The van der Waals surface area contributed by atoms with Crippen LogP contribution in [0.3, 0.4) is 0 Å². The van der Waals surface area contributed by atoms with E-state index in [2.05, 4.69) is 16.8 Å². The van der Waals surface area contributed by atoms with Gasteiger partial charge in [-0.3, -0.25) is 9.69 Å². The summed E-state index contributed by atoms with van der Waals surface area (Å²) < 4.78 is 5.80. The van der Waals surface area contributed by atoms with Crippen molar-refractivity contribution in [3.63, 3.8) is 0 Å². The Morgan fingerprint density at radius 1 is 1.14 bits per heavy atom. The molecule has 0 radical (unpaired) electrons. The molecular weight excluding hydrogens is 276 g/mol. The largest absolute Gasteiger partial charge is 0.491 e. The highest BCUT2D eigenvalue weighted by Crippen LogP contribution is 2.24. The Labute approximate surface area is 134 Å². The first kappa shape index (κ1) is 17.0. The third kappa shape index (κ3) is 4.31. The van der Waals surface area contributed by atoms with E-state index in [0.29, 0.717) is 6.54 Å². The highest BCUT2D eigenvalue weighted by atomic mass is 16.5. The summed E-state index contributed by atoms with van der Waals surface area (Å²) in [7, 11) is 2.13. The molecule has 0 amide bonds. The Bertz CT molecular complexity index is 532. The van der Waals surface area contributed by atoms with Gasteiger partial charge in [0.1, 0.15) is 5.75 Å². The van der Waals surface area contributed by atoms with Gasteiger partial charge in [-0.25, -0.2) is 0 Å². The molecule has 0 aliphatic carbocycles. The summed E-state index contributed by atoms with van der Waals surface area (Å²) in [6, 6.07) is 3.97. The first-order chi connectivity index (χ1) is 10.4. The van der Waals surface area contributed by atoms with E-state index in [1.807, 2.05) is 39.8 Å². The lowest BCUT2D eigenvalue weighted by Crippen LogP contribution is -2.46. The number of carbonyl (C=O) groups is 1. The number of nitrogens with zero attached hydrogens (tertiary/aromatic N) is 2. The molecule has 1 saturated heterocycles. The van der Waals surface area contributed by atoms with Crippen molar-refractivity contribution in [2.45, 2.75) is 33.8 Å². The Kier molecular flexibility index (Phi) is 5.59. The number of rotatable bonds is 5. The van der Waals surface area contributed by atoms with Gasteiger partial charge in [0, 0.05) is 31.7 Å². The Morgan fingerprint density at radius 2 is 1.77 bits per heavy atom. The number of piperazine rings is 1. The first-order valence-corrected chi connectivity index (χ1v) is 8.09. The molecule has 0 spiro atoms. The van der Waals surface area contributed by atoms with Gasteiger partial charge in [0.25, 0.3) is 0 Å². The number of ketones is 1. The first-order valence-electron chi connectivity index (χ1n) is 8.09. The van der Waals surface area contributed by atoms with E-state index >= 15 is 0 Å². The van der Waals surface area contributed by atoms with Crippen molar-refractivity contribution in [3.05, 3.63) is 28.8 Å². The quantitative estimate of drug-likeness (QED) is 0.783. The summed E-state index contributed by atoms with van der Waals surface area (Å²) in [5, 5.41) is 0. The fourth-order valence-electron chi connectivity index (χ4n) is 2.77. The van der Waals surface area contributed by atoms with E-state index in [1.54, 1.807) is 0 Å². The molecule has 1 aromatic rings. The van der Waals surface area contributed by atoms with Crippen LogP contribution in [0.15, 0.2) is 12.1 Å². The highest BCUT2D eigenvalue weighted by Gasteiger charge is 2.19. The van der Waals surface area contributed by atoms with Gasteiger partial charge in [-0.1, -0.05) is 0 Å². The second-order valence-corrected chi connectivity index (χ2v) is 6.60. The summed E-state index contributed by atoms with van der Waals surface area (Å²) in [4.78, 5) is 17.2. The van der Waals surface area contributed by atoms with Gasteiger partial charge in [0.15, 0.2) is 5.78 Å². The van der Waals surface area contributed by atoms with Crippen LogP contribution in [-0.2, 0) is 0 Å². The van der Waals surface area contributed by atoms with Crippen LogP contribution in [0.4, 0.5) is 0 Å². The van der Waals surface area contributed by atoms with Crippen molar-refractivity contribution in [2.24, 2.45) is 0 Å². The highest BCUT2D eigenvalue weighted by molar-refractivity contribution is 5.99. The van der Waals surface area contributed by atoms with Crippen molar-refractivity contribution in [2.75, 3.05) is 39.8 Å². The number of Topliss-reactive ketones (excluding diaryl/α,β-unsaturated/α-hetero) is 1. The van der Waals surface area contributed by atoms with Crippen LogP contribution in [0.1, 0.15) is 35.3 Å². The van der Waals surface area contributed by atoms with Crippen molar-refractivity contribution < 1.29 is 9.53 Å². The molecule has 1 fully saturated rings. The lowest BCUT2D eigenvalue weighted by molar-refractivity contribution is 0.0875. The van der Waals surface area contributed by atoms with E-state index in [9.17, 15) is 4.79 Å². The van der Waals surface area contributed by atoms with E-state index in [0.717, 1.165) is 48.6 Å². The summed E-state index contributed by atoms with van der Waals surface area (Å²) in [6.07, 6.45) is 0.144. The summed E-state index contributed by atoms with van der Waals surface area (Å²) in [5.74, 6) is 1.09. The molecule has 1 aromatic carbocycles. The molecule has 22 heavy (non-hydrogen) atoms. The van der Waals surface area contributed by atoms with Crippen molar-refractivity contribution in [1.82, 2.24) is 9.80 Å². The molecule has 0 saturated carbocycles. The minimum atomic E-state index is 0.144. The van der Waals surface area contributed by atoms with Crippen LogP contribution in [-0.4, -0.2) is 61.5 Å². The lowest BCUT2D eigenvalue weighted by Gasteiger charge is -2.31. The molecule has 0 aromatic heterocycles. The monoisotopic (exact) mass is 304 g/mol. The minimum Gasteiger partial charge on any atom is -0.491 e. The van der Waals surface area contributed by atoms with Gasteiger partial charge < -0.3 is 9.64 Å². The zero-order valence-electron chi connectivity index (χ0n) is 14.5. The number of hydrogen-bond donors (Lipinski definition) is 0. The smallest absolute Gasteiger partial charge is 0.177 e. The molecule has 1 aliphatic rings. The molecule has 2 rings (SSSR count). The average molecular weight is 304 g/mol. The molecule has 0 unspecified atom stereocenters. The number of ether oxygens (including phenoxy) is 1. The minimum absolute atomic E-state index is 0.144. The van der Waals surface area contributed by atoms with Gasteiger partial charge in [-0.05, 0) is 58.0 Å². The van der Waals surface area contributed by atoms with Gasteiger partial charge in [-0.2, -0.15) is 0 Å². The van der Waals surface area contributed by atoms with Crippen LogP contribution in [0.2, 0.25) is 0 Å². The molecule has 4 nitrogen and oxygen atoms in total. The van der Waals surface area contributed by atoms with Gasteiger partial charge >= 0.3 is 0 Å². The second-order valence-electron chi connectivity index (χ2n) is 6.60. The van der Waals surface area contributed by atoms with Crippen LogP contribution in [0, 0.1) is 13.8 Å². The zero-order chi connectivity index (χ0) is 16.3. The standard InChI is InChI=1S/C18H28N2O2/c1-13(2)22-18-11-14(3)16(10-15(18)4)17(21)12-20-8-6-19(5)7-9-20/h10-11,13H,6-9,12H2,1-5H3. The fraction of sp³-hybridized carbons (Fsp3) is 0.611. The topological polar surface area (TPSA) is 32.8 Å². The Hall–Kier alpha value is -1.39. The van der Waals surface area contributed by atoms with Gasteiger partial charge in [-0.15, -0.1) is 0 Å². The van der Waals surface area contributed by atoms with E-state index in [-0.39, 0.29) is 11.9 Å². The number of benzene rings is 1. The van der Waals surface area contributed by atoms with E-state index < -0.39 is 0 Å². The maximum atomic E-state index is 12.6. The normalized spacial score (nSPS) is 17.0. The number of carbonyl (C=O) groups excluding carboxylic acids is 1. The molecule has 0 atom stereocenters. The van der Waals surface area contributed by atoms with Gasteiger partial charge in [0.05, 0.1) is 12.6 Å². The molecule has 1 heterocycles. The number of hydrogen-bond acceptors (Lipinski definition) is 4. The summed E-state index contributed by atoms with van der Waals surface area (Å²) in [5.41, 5.74) is 2.86. The van der Waals surface area contributed by atoms with E-state index in [1.165, 1.54) is 0 Å². The Morgan fingerprint density at radius 3 is 2.36 bits per heavy atom. The van der Waals surface area contributed by atoms with Crippen molar-refractivity contribution >= 4 is 5.78 Å². The third-order valence-electron chi connectivity index (χ3n) is 4.15. The predicted octanol–water partition coefficient (Wildman–Crippen LogP) is 2.52. The molecule has 0 N–H and O–H groups in total. The van der Waals surface area contributed by atoms with Crippen molar-refractivity contribution in [3.8, 4) is 5.75 Å². The van der Waals surface area contributed by atoms with Gasteiger partial charge in [0.2, 0.25) is 0 Å². The maximum Gasteiger partial charge on any atom is 0.177 e. The second kappa shape index (κ2) is 7.25. The SMILES string of the molecule is Cc1cc(C(=O)CN2CCN(C)CC2)c(C)cc1OC(C)C. The molecule has 1 aliphatic heterocycles. The molecule has 0 bridgehead atoms. The number of aryl methyl sites for hydroxylation is 2. The summed E-state index contributed by atoms with van der Waals surface area (Å²) in [6.45, 7) is 12.5. The van der Waals surface area contributed by atoms with Crippen LogP contribution < -0.4 is 4.74 Å². The van der Waals surface area contributed by atoms with Crippen LogP contribution >= 0.6 is 0 Å². The van der Waals surface area contributed by atoms with Crippen LogP contribution in [0.5, 0.6) is 5.75 Å². The maximum absolute atomic E-state index is 12.6. The Balaban J connectivity index is 2.08. The molecule has 122 valence electrons. The predicted molar refractivity (Wildman–Crippen MR) is 89.9 cm³/mol. The zero-order valence-corrected chi connectivity index (χ0v) is 14.5. The van der Waals surface area contributed by atoms with Crippen LogP contribution in [0.25, 0.3) is 0 Å². The third-order valence-corrected chi connectivity index (χ3v) is 4.15. The van der Waals surface area contributed by atoms with Crippen molar-refractivity contribution in [1.29, 1.82) is 0 Å². The average Bonchev–Trinajstić information content (AvgIpc) is 2.44. The fourth-order valence-corrected chi connectivity index (χ4v) is 2.77. The van der Waals surface area contributed by atoms with E-state index in [4.69, 9.17) is 4.74 Å². The lowest BCUT2D eigenvalue weighted by atomic mass is 10.0.